The number of rotatable bonds is 2. The van der Waals surface area contributed by atoms with Crippen LogP contribution in [0.1, 0.15) is 0 Å². The van der Waals surface area contributed by atoms with E-state index in [1.807, 2.05) is 0 Å². The number of hydrogen-bond donors (Lipinski definition) is 1. The summed E-state index contributed by atoms with van der Waals surface area (Å²) < 4.78 is 26.6. The number of benzene rings is 2. The lowest BCUT2D eigenvalue weighted by molar-refractivity contribution is 0.628. The Morgan fingerprint density at radius 1 is 0.714 bits per heavy atom. The molecule has 0 aliphatic heterocycles. The molecule has 0 fully saturated rings. The molecule has 1 aromatic heterocycles. The van der Waals surface area contributed by atoms with E-state index in [1.54, 1.807) is 24.3 Å². The van der Waals surface area contributed by atoms with Gasteiger partial charge in [-0.25, -0.2) is 8.78 Å². The smallest absolute Gasteiger partial charge is 0.182 e. The lowest BCUT2D eigenvalue weighted by atomic mass is 10.1. The number of aromatic amines is 1. The number of H-pyrrole nitrogens is 1. The van der Waals surface area contributed by atoms with Crippen molar-refractivity contribution in [3.63, 3.8) is 0 Å². The third kappa shape index (κ3) is 2.89. The van der Waals surface area contributed by atoms with Crippen LogP contribution in [0.2, 0.25) is 0 Å². The van der Waals surface area contributed by atoms with Crippen molar-refractivity contribution in [1.82, 2.24) is 4.98 Å². The zero-order valence-electron chi connectivity index (χ0n) is 10.9. The Labute approximate surface area is 119 Å². The van der Waals surface area contributed by atoms with E-state index in [1.165, 1.54) is 36.4 Å². The zero-order valence-corrected chi connectivity index (χ0v) is 10.9. The van der Waals surface area contributed by atoms with Crippen molar-refractivity contribution in [2.24, 2.45) is 0 Å². The Kier molecular flexibility index (Phi) is 3.36. The van der Waals surface area contributed by atoms with E-state index >= 15 is 0 Å². The van der Waals surface area contributed by atoms with Gasteiger partial charge in [0.25, 0.3) is 0 Å². The molecular formula is C17H11F2NO. The van der Waals surface area contributed by atoms with Crippen LogP contribution >= 0.6 is 0 Å². The third-order valence-electron chi connectivity index (χ3n) is 3.11. The van der Waals surface area contributed by atoms with E-state index in [9.17, 15) is 13.6 Å². The zero-order chi connectivity index (χ0) is 14.8. The van der Waals surface area contributed by atoms with Crippen molar-refractivity contribution in [3.05, 3.63) is 82.5 Å². The molecule has 1 heterocycles. The number of aromatic nitrogens is 1. The third-order valence-corrected chi connectivity index (χ3v) is 3.11. The topological polar surface area (TPSA) is 32.9 Å². The molecule has 21 heavy (non-hydrogen) atoms. The van der Waals surface area contributed by atoms with Gasteiger partial charge in [-0.15, -0.1) is 0 Å². The first-order valence-electron chi connectivity index (χ1n) is 6.38. The summed E-state index contributed by atoms with van der Waals surface area (Å²) in [6, 6.07) is 14.6. The molecule has 0 unspecified atom stereocenters. The number of hydrogen-bond acceptors (Lipinski definition) is 1. The van der Waals surface area contributed by atoms with Crippen LogP contribution in [-0.2, 0) is 0 Å². The maximum atomic E-state index is 13.3. The van der Waals surface area contributed by atoms with Gasteiger partial charge in [-0.2, -0.15) is 0 Å². The number of halogens is 2. The quantitative estimate of drug-likeness (QED) is 0.758. The highest BCUT2D eigenvalue weighted by Gasteiger charge is 2.06. The normalized spacial score (nSPS) is 10.6. The van der Waals surface area contributed by atoms with E-state index in [0.717, 1.165) is 0 Å². The molecule has 2 aromatic carbocycles. The maximum absolute atomic E-state index is 13.3. The van der Waals surface area contributed by atoms with Crippen LogP contribution in [0.5, 0.6) is 0 Å². The second-order valence-corrected chi connectivity index (χ2v) is 4.66. The van der Waals surface area contributed by atoms with Gasteiger partial charge >= 0.3 is 0 Å². The van der Waals surface area contributed by atoms with E-state index in [2.05, 4.69) is 4.98 Å². The van der Waals surface area contributed by atoms with Gasteiger partial charge in [-0.05, 0) is 24.3 Å². The summed E-state index contributed by atoms with van der Waals surface area (Å²) in [4.78, 5) is 14.9. The summed E-state index contributed by atoms with van der Waals surface area (Å²) >= 11 is 0. The lowest BCUT2D eigenvalue weighted by Crippen LogP contribution is -2.02. The Bertz CT molecular complexity index is 788. The van der Waals surface area contributed by atoms with Crippen LogP contribution in [-0.4, -0.2) is 4.98 Å². The predicted octanol–water partition coefficient (Wildman–Crippen LogP) is 3.99. The van der Waals surface area contributed by atoms with E-state index in [4.69, 9.17) is 0 Å². The standard InChI is InChI=1S/C17H11F2NO/c18-13-5-1-3-11(7-13)16-9-15(21)10-17(20-16)12-4-2-6-14(19)8-12/h1-10H,(H,20,21). The van der Waals surface area contributed by atoms with Crippen molar-refractivity contribution < 1.29 is 8.78 Å². The van der Waals surface area contributed by atoms with E-state index in [-0.39, 0.29) is 17.1 Å². The molecule has 1 N–H and O–H groups in total. The molecule has 0 spiro atoms. The number of nitrogens with one attached hydrogen (secondary N) is 1. The first kappa shape index (κ1) is 13.2. The first-order valence-corrected chi connectivity index (χ1v) is 6.38. The lowest BCUT2D eigenvalue weighted by Gasteiger charge is -2.07. The Morgan fingerprint density at radius 3 is 1.62 bits per heavy atom. The highest BCUT2D eigenvalue weighted by molar-refractivity contribution is 5.66. The van der Waals surface area contributed by atoms with Crippen LogP contribution < -0.4 is 5.43 Å². The average Bonchev–Trinajstić information content (AvgIpc) is 2.46. The van der Waals surface area contributed by atoms with Gasteiger partial charge in [-0.1, -0.05) is 24.3 Å². The fourth-order valence-electron chi connectivity index (χ4n) is 2.17. The maximum Gasteiger partial charge on any atom is 0.182 e. The minimum Gasteiger partial charge on any atom is -0.354 e. The fourth-order valence-corrected chi connectivity index (χ4v) is 2.17. The Balaban J connectivity index is 2.15. The number of pyridine rings is 1. The first-order chi connectivity index (χ1) is 10.1. The van der Waals surface area contributed by atoms with Gasteiger partial charge < -0.3 is 4.98 Å². The Hall–Kier alpha value is -2.75. The SMILES string of the molecule is O=c1cc(-c2cccc(F)c2)[nH]c(-c2cccc(F)c2)c1. The molecule has 0 bridgehead atoms. The van der Waals surface area contributed by atoms with Crippen LogP contribution in [0.4, 0.5) is 8.78 Å². The predicted molar refractivity (Wildman–Crippen MR) is 77.9 cm³/mol. The van der Waals surface area contributed by atoms with Gasteiger partial charge in [0, 0.05) is 34.6 Å². The summed E-state index contributed by atoms with van der Waals surface area (Å²) in [6.45, 7) is 0. The molecule has 0 aliphatic rings. The van der Waals surface area contributed by atoms with Crippen molar-refractivity contribution in [1.29, 1.82) is 0 Å². The molecule has 0 radical (unpaired) electrons. The van der Waals surface area contributed by atoms with Crippen molar-refractivity contribution >= 4 is 0 Å². The molecule has 104 valence electrons. The monoisotopic (exact) mass is 283 g/mol. The largest absolute Gasteiger partial charge is 0.354 e. The summed E-state index contributed by atoms with van der Waals surface area (Å²) in [7, 11) is 0. The van der Waals surface area contributed by atoms with Crippen LogP contribution in [0.15, 0.2) is 65.5 Å². The van der Waals surface area contributed by atoms with Crippen LogP contribution in [0, 0.1) is 11.6 Å². The summed E-state index contributed by atoms with van der Waals surface area (Å²) in [5, 5.41) is 0. The molecule has 0 saturated carbocycles. The van der Waals surface area contributed by atoms with E-state index < -0.39 is 0 Å². The molecule has 0 aliphatic carbocycles. The van der Waals surface area contributed by atoms with Crippen LogP contribution in [0.25, 0.3) is 22.5 Å². The summed E-state index contributed by atoms with van der Waals surface area (Å²) in [6.07, 6.45) is 0. The van der Waals surface area contributed by atoms with Gasteiger partial charge in [0.05, 0.1) is 0 Å². The minimum atomic E-state index is -0.385. The molecule has 4 heteroatoms. The fraction of sp³-hybridized carbons (Fsp3) is 0. The highest BCUT2D eigenvalue weighted by atomic mass is 19.1. The second kappa shape index (κ2) is 5.32. The van der Waals surface area contributed by atoms with Crippen molar-refractivity contribution in [2.75, 3.05) is 0 Å². The molecule has 3 aromatic rings. The van der Waals surface area contributed by atoms with Gasteiger partial charge in [-0.3, -0.25) is 4.79 Å². The van der Waals surface area contributed by atoms with Crippen molar-refractivity contribution in [3.8, 4) is 22.5 Å². The van der Waals surface area contributed by atoms with Crippen molar-refractivity contribution in [2.45, 2.75) is 0 Å². The molecule has 3 rings (SSSR count). The summed E-state index contributed by atoms with van der Waals surface area (Å²) in [5.41, 5.74) is 1.87. The average molecular weight is 283 g/mol. The highest BCUT2D eigenvalue weighted by Crippen LogP contribution is 2.22. The molecule has 2 nitrogen and oxygen atoms in total. The van der Waals surface area contributed by atoms with Gasteiger partial charge in [0.2, 0.25) is 0 Å². The summed E-state index contributed by atoms with van der Waals surface area (Å²) in [5.74, 6) is -0.769. The molecule has 0 atom stereocenters. The van der Waals surface area contributed by atoms with Crippen LogP contribution in [0.3, 0.4) is 0 Å². The van der Waals surface area contributed by atoms with Gasteiger partial charge in [0.1, 0.15) is 11.6 Å². The Morgan fingerprint density at radius 2 is 1.19 bits per heavy atom. The molecular weight excluding hydrogens is 272 g/mol. The van der Waals surface area contributed by atoms with Gasteiger partial charge in [0.15, 0.2) is 5.43 Å². The second-order valence-electron chi connectivity index (χ2n) is 4.66. The van der Waals surface area contributed by atoms with E-state index in [0.29, 0.717) is 22.5 Å². The minimum absolute atomic E-state index is 0.229. The molecule has 0 amide bonds. The molecule has 0 saturated heterocycles.